The van der Waals surface area contributed by atoms with Crippen LogP contribution in [0.5, 0.6) is 11.5 Å². The number of phenolic OH excluding ortho intramolecular Hbond substituents is 1. The number of para-hydroxylation sites is 1. The lowest BCUT2D eigenvalue weighted by molar-refractivity contribution is -0.127. The summed E-state index contributed by atoms with van der Waals surface area (Å²) in [5.41, 5.74) is 0.257. The maximum atomic E-state index is 15.3. The number of hydrogen-bond acceptors (Lipinski definition) is 8. The van der Waals surface area contributed by atoms with Gasteiger partial charge >= 0.3 is 0 Å². The number of aromatic hydroxyl groups is 1. The second-order valence-electron chi connectivity index (χ2n) is 9.51. The molecule has 2 heterocycles. The van der Waals surface area contributed by atoms with Gasteiger partial charge in [0.25, 0.3) is 5.91 Å². The Balaban J connectivity index is 1.55. The maximum absolute atomic E-state index is 15.3. The van der Waals surface area contributed by atoms with E-state index in [4.69, 9.17) is 4.74 Å². The van der Waals surface area contributed by atoms with Crippen LogP contribution in [0, 0.1) is 5.82 Å². The molecule has 10 nitrogen and oxygen atoms in total. The number of benzene rings is 2. The number of tetrazole rings is 1. The van der Waals surface area contributed by atoms with Crippen LogP contribution >= 0.6 is 11.3 Å². The van der Waals surface area contributed by atoms with Crippen molar-refractivity contribution in [1.82, 2.24) is 25.5 Å². The third kappa shape index (κ3) is 5.96. The van der Waals surface area contributed by atoms with E-state index < -0.39 is 30.2 Å². The number of aromatic nitrogens is 4. The molecule has 0 saturated heterocycles. The van der Waals surface area contributed by atoms with Crippen LogP contribution in [-0.4, -0.2) is 50.3 Å². The number of rotatable bonds is 9. The predicted octanol–water partition coefficient (Wildman–Crippen LogP) is 4.48. The summed E-state index contributed by atoms with van der Waals surface area (Å²) in [5, 5.41) is 27.5. The smallest absolute Gasteiger partial charge is 0.251 e. The average Bonchev–Trinajstić information content (AvgIpc) is 3.66. The first-order valence-corrected chi connectivity index (χ1v) is 13.9. The van der Waals surface area contributed by atoms with Crippen LogP contribution in [0.2, 0.25) is 0 Å². The van der Waals surface area contributed by atoms with Gasteiger partial charge in [-0.05, 0) is 59.3 Å². The van der Waals surface area contributed by atoms with Crippen LogP contribution in [0.15, 0.2) is 60.0 Å². The van der Waals surface area contributed by atoms with Gasteiger partial charge in [-0.3, -0.25) is 14.5 Å². The number of nitrogens with zero attached hydrogens (tertiary/aromatic N) is 5. The molecule has 208 valence electrons. The highest BCUT2D eigenvalue weighted by atomic mass is 32.1. The van der Waals surface area contributed by atoms with Gasteiger partial charge in [-0.25, -0.2) is 4.39 Å². The van der Waals surface area contributed by atoms with E-state index >= 15 is 4.39 Å². The lowest BCUT2D eigenvalue weighted by Crippen LogP contribution is -2.48. The number of amides is 2. The van der Waals surface area contributed by atoms with Crippen molar-refractivity contribution in [3.63, 3.8) is 0 Å². The van der Waals surface area contributed by atoms with Crippen molar-refractivity contribution < 1.29 is 23.8 Å². The molecule has 2 aromatic carbocycles. The van der Waals surface area contributed by atoms with Crippen molar-refractivity contribution in [3.05, 3.63) is 71.4 Å². The monoisotopic (exact) mass is 564 g/mol. The minimum absolute atomic E-state index is 0.0642. The second kappa shape index (κ2) is 12.2. The summed E-state index contributed by atoms with van der Waals surface area (Å²) in [4.78, 5) is 31.0. The van der Waals surface area contributed by atoms with Crippen molar-refractivity contribution in [1.29, 1.82) is 0 Å². The largest absolute Gasteiger partial charge is 0.504 e. The molecule has 2 aromatic heterocycles. The normalized spacial score (nSPS) is 14.4. The van der Waals surface area contributed by atoms with Crippen LogP contribution < -0.4 is 15.0 Å². The third-order valence-electron chi connectivity index (χ3n) is 6.83. The van der Waals surface area contributed by atoms with Crippen LogP contribution in [0.25, 0.3) is 10.7 Å². The third-order valence-corrected chi connectivity index (χ3v) is 7.70. The van der Waals surface area contributed by atoms with Crippen molar-refractivity contribution in [2.24, 2.45) is 0 Å². The Bertz CT molecular complexity index is 1470. The number of ether oxygens (including phenoxy) is 1. The zero-order chi connectivity index (χ0) is 28.1. The molecule has 0 spiro atoms. The topological polar surface area (TPSA) is 122 Å². The summed E-state index contributed by atoms with van der Waals surface area (Å²) in [5.74, 6) is -1.43. The van der Waals surface area contributed by atoms with Gasteiger partial charge in [-0.2, -0.15) is 4.80 Å². The Morgan fingerprint density at radius 3 is 2.70 bits per heavy atom. The number of hydrogen-bond donors (Lipinski definition) is 2. The Morgan fingerprint density at radius 2 is 1.98 bits per heavy atom. The molecule has 1 fully saturated rings. The van der Waals surface area contributed by atoms with Crippen LogP contribution in [0.3, 0.4) is 0 Å². The van der Waals surface area contributed by atoms with Gasteiger partial charge in [-0.1, -0.05) is 43.5 Å². The van der Waals surface area contributed by atoms with E-state index in [9.17, 15) is 14.7 Å². The van der Waals surface area contributed by atoms with Crippen molar-refractivity contribution in [2.75, 3.05) is 12.0 Å². The Hall–Kier alpha value is -4.32. The van der Waals surface area contributed by atoms with Gasteiger partial charge in [-0.15, -0.1) is 21.5 Å². The number of thiophene rings is 1. The standard InChI is InChI=1S/C28H29FN6O4S/c1-39-23-16-18(13-14-22(23)36)26(28(38)30-19-8-3-2-4-9-19)35(21-11-6-5-10-20(21)29)25(37)17-34-32-27(31-33-34)24-12-7-15-40-24/h5-7,10-16,19,26,36H,2-4,8-9,17H2,1H3,(H,30,38)/t26-/m1/s1. The van der Waals surface area contributed by atoms with Gasteiger partial charge in [0.1, 0.15) is 18.4 Å². The van der Waals surface area contributed by atoms with Crippen LogP contribution in [0.4, 0.5) is 10.1 Å². The first-order chi connectivity index (χ1) is 19.4. The van der Waals surface area contributed by atoms with Gasteiger partial charge in [0.15, 0.2) is 11.5 Å². The van der Waals surface area contributed by atoms with Crippen molar-refractivity contribution >= 4 is 28.8 Å². The molecule has 0 radical (unpaired) electrons. The average molecular weight is 565 g/mol. The molecule has 0 unspecified atom stereocenters. The lowest BCUT2D eigenvalue weighted by Gasteiger charge is -2.33. The van der Waals surface area contributed by atoms with Gasteiger partial charge in [0.05, 0.1) is 17.7 Å². The quantitative estimate of drug-likeness (QED) is 0.307. The Kier molecular flexibility index (Phi) is 8.34. The minimum Gasteiger partial charge on any atom is -0.504 e. The van der Waals surface area contributed by atoms with E-state index in [-0.39, 0.29) is 23.2 Å². The number of phenols is 1. The molecule has 0 bridgehead atoms. The second-order valence-corrected chi connectivity index (χ2v) is 10.5. The number of halogens is 1. The number of nitrogens with one attached hydrogen (secondary N) is 1. The summed E-state index contributed by atoms with van der Waals surface area (Å²) < 4.78 is 20.6. The van der Waals surface area contributed by atoms with E-state index in [0.29, 0.717) is 11.4 Å². The number of carbonyl (C=O) groups excluding carboxylic acids is 2. The molecule has 0 aliphatic heterocycles. The van der Waals surface area contributed by atoms with E-state index in [1.807, 2.05) is 17.5 Å². The summed E-state index contributed by atoms with van der Waals surface area (Å²) in [6.45, 7) is -0.394. The summed E-state index contributed by atoms with van der Waals surface area (Å²) in [6, 6.07) is 12.5. The van der Waals surface area contributed by atoms with Gasteiger partial charge < -0.3 is 15.2 Å². The highest BCUT2D eigenvalue weighted by molar-refractivity contribution is 7.13. The first-order valence-electron chi connectivity index (χ1n) is 13.0. The fraction of sp³-hybridized carbons (Fsp3) is 0.321. The van der Waals surface area contributed by atoms with E-state index in [0.717, 1.165) is 46.7 Å². The molecular weight excluding hydrogens is 535 g/mol. The SMILES string of the molecule is COc1cc([C@H](C(=O)NC2CCCCC2)N(C(=O)Cn2nnc(-c3cccs3)n2)c2ccccc2F)ccc1O. The predicted molar refractivity (Wildman–Crippen MR) is 147 cm³/mol. The molecule has 1 aliphatic carbocycles. The molecule has 1 saturated carbocycles. The zero-order valence-corrected chi connectivity index (χ0v) is 22.7. The molecule has 1 aliphatic rings. The van der Waals surface area contributed by atoms with Gasteiger partial charge in [0, 0.05) is 6.04 Å². The number of anilines is 1. The highest BCUT2D eigenvalue weighted by Gasteiger charge is 2.36. The Labute approximate surface area is 234 Å². The summed E-state index contributed by atoms with van der Waals surface area (Å²) in [6.07, 6.45) is 4.72. The molecule has 5 rings (SSSR count). The first kappa shape index (κ1) is 27.3. The van der Waals surface area contributed by atoms with Crippen molar-refractivity contribution in [2.45, 2.75) is 50.7 Å². The van der Waals surface area contributed by atoms with E-state index in [2.05, 4.69) is 20.7 Å². The minimum atomic E-state index is -1.28. The van der Waals surface area contributed by atoms with Crippen molar-refractivity contribution in [3.8, 4) is 22.2 Å². The van der Waals surface area contributed by atoms with Gasteiger partial charge in [0.2, 0.25) is 11.7 Å². The zero-order valence-electron chi connectivity index (χ0n) is 21.9. The molecule has 1 atom stereocenters. The molecule has 12 heteroatoms. The fourth-order valence-corrected chi connectivity index (χ4v) is 5.53. The Morgan fingerprint density at radius 1 is 1.18 bits per heavy atom. The molecule has 4 aromatic rings. The summed E-state index contributed by atoms with van der Waals surface area (Å²) >= 11 is 1.43. The van der Waals surface area contributed by atoms with Crippen LogP contribution in [0.1, 0.15) is 43.7 Å². The molecule has 40 heavy (non-hydrogen) atoms. The molecule has 2 N–H and O–H groups in total. The molecule has 2 amide bonds. The number of methoxy groups -OCH3 is 1. The van der Waals surface area contributed by atoms with Crippen LogP contribution in [-0.2, 0) is 16.1 Å². The summed E-state index contributed by atoms with van der Waals surface area (Å²) in [7, 11) is 1.39. The number of carbonyl (C=O) groups is 2. The fourth-order valence-electron chi connectivity index (χ4n) is 4.89. The lowest BCUT2D eigenvalue weighted by atomic mass is 9.94. The molecular formula is C28H29FN6O4S. The van der Waals surface area contributed by atoms with E-state index in [1.165, 1.54) is 54.8 Å². The highest BCUT2D eigenvalue weighted by Crippen LogP contribution is 2.35. The maximum Gasteiger partial charge on any atom is 0.251 e. The van der Waals surface area contributed by atoms with E-state index in [1.54, 1.807) is 6.07 Å².